The number of piperazine rings is 1. The number of rotatable bonds is 4. The first-order chi connectivity index (χ1) is 13.9. The van der Waals surface area contributed by atoms with Crippen molar-refractivity contribution in [3.8, 4) is 0 Å². The van der Waals surface area contributed by atoms with E-state index in [4.69, 9.17) is 0 Å². The minimum absolute atomic E-state index is 0.0564. The van der Waals surface area contributed by atoms with Crippen molar-refractivity contribution in [3.05, 3.63) is 59.7 Å². The lowest BCUT2D eigenvalue weighted by molar-refractivity contribution is -0.130. The second-order valence-corrected chi connectivity index (χ2v) is 9.85. The van der Waals surface area contributed by atoms with Crippen molar-refractivity contribution in [1.82, 2.24) is 9.21 Å². The molecule has 0 radical (unpaired) electrons. The topological polar surface area (TPSA) is 60.9 Å². The number of nitrogens with zero attached hydrogens (tertiary/aromatic N) is 3. The molecule has 1 unspecified atom stereocenters. The van der Waals surface area contributed by atoms with Crippen LogP contribution in [0.2, 0.25) is 0 Å². The highest BCUT2D eigenvalue weighted by atomic mass is 32.2. The summed E-state index contributed by atoms with van der Waals surface area (Å²) in [5.41, 5.74) is 3.44. The Morgan fingerprint density at radius 3 is 2.34 bits per heavy atom. The van der Waals surface area contributed by atoms with Gasteiger partial charge < -0.3 is 9.80 Å². The number of aryl methyl sites for hydroxylation is 1. The molecule has 4 rings (SSSR count). The maximum atomic E-state index is 12.9. The first kappa shape index (κ1) is 19.9. The minimum atomic E-state index is -3.51. The van der Waals surface area contributed by atoms with Gasteiger partial charge in [-0.15, -0.1) is 0 Å². The van der Waals surface area contributed by atoms with Gasteiger partial charge in [-0.2, -0.15) is 4.31 Å². The molecule has 2 aromatic rings. The fraction of sp³-hybridized carbons (Fsp3) is 0.409. The van der Waals surface area contributed by atoms with Crippen molar-refractivity contribution < 1.29 is 13.2 Å². The maximum Gasteiger partial charge on any atom is 0.243 e. The number of anilines is 1. The highest BCUT2D eigenvalue weighted by molar-refractivity contribution is 7.89. The number of sulfonamides is 1. The fourth-order valence-electron chi connectivity index (χ4n) is 4.15. The van der Waals surface area contributed by atoms with E-state index in [-0.39, 0.29) is 5.91 Å². The molecule has 1 amide bonds. The van der Waals surface area contributed by atoms with Crippen LogP contribution in [0.15, 0.2) is 53.4 Å². The number of carbonyl (C=O) groups excluding carboxylic acids is 1. The van der Waals surface area contributed by atoms with Crippen LogP contribution in [0.3, 0.4) is 0 Å². The summed E-state index contributed by atoms with van der Waals surface area (Å²) >= 11 is 0. The molecule has 1 fully saturated rings. The Labute approximate surface area is 172 Å². The summed E-state index contributed by atoms with van der Waals surface area (Å²) in [5, 5.41) is 0. The Kier molecular flexibility index (Phi) is 5.36. The number of hydrogen-bond donors (Lipinski definition) is 0. The highest BCUT2D eigenvalue weighted by Gasteiger charge is 2.32. The predicted molar refractivity (Wildman–Crippen MR) is 113 cm³/mol. The van der Waals surface area contributed by atoms with E-state index in [1.165, 1.54) is 9.87 Å². The van der Waals surface area contributed by atoms with Crippen LogP contribution in [0.4, 0.5) is 5.69 Å². The van der Waals surface area contributed by atoms with E-state index in [2.05, 4.69) is 24.0 Å². The summed E-state index contributed by atoms with van der Waals surface area (Å²) in [6, 6.07) is 15.4. The number of para-hydroxylation sites is 1. The smallest absolute Gasteiger partial charge is 0.243 e. The molecule has 1 atom stereocenters. The van der Waals surface area contributed by atoms with Crippen LogP contribution in [-0.2, 0) is 21.2 Å². The molecule has 0 spiro atoms. The van der Waals surface area contributed by atoms with Crippen LogP contribution in [0.25, 0.3) is 0 Å². The summed E-state index contributed by atoms with van der Waals surface area (Å²) < 4.78 is 27.2. The molecule has 6 nitrogen and oxygen atoms in total. The van der Waals surface area contributed by atoms with Crippen molar-refractivity contribution in [2.45, 2.75) is 31.2 Å². The van der Waals surface area contributed by atoms with Gasteiger partial charge in [0.2, 0.25) is 15.9 Å². The summed E-state index contributed by atoms with van der Waals surface area (Å²) in [6.07, 6.45) is 0.950. The van der Waals surface area contributed by atoms with Gasteiger partial charge in [0.1, 0.15) is 0 Å². The zero-order chi connectivity index (χ0) is 20.6. The molecule has 2 heterocycles. The fourth-order valence-corrected chi connectivity index (χ4v) is 5.58. The molecular formula is C22H27N3O3S. The second kappa shape index (κ2) is 7.80. The largest absolute Gasteiger partial charge is 0.359 e. The second-order valence-electron chi connectivity index (χ2n) is 7.91. The standard InChI is InChI=1S/C22H27N3O3S/c1-17-7-9-20(10-8-17)29(27,28)24-13-11-23(12-14-24)22(26)16-25-18(2)15-19-5-3-4-6-21(19)25/h3-10,18H,11-16H2,1-2H3. The van der Waals surface area contributed by atoms with Gasteiger partial charge in [-0.05, 0) is 44.0 Å². The summed E-state index contributed by atoms with van der Waals surface area (Å²) in [6.45, 7) is 5.91. The number of benzene rings is 2. The average molecular weight is 414 g/mol. The molecule has 1 saturated heterocycles. The predicted octanol–water partition coefficient (Wildman–Crippen LogP) is 2.28. The van der Waals surface area contributed by atoms with Crippen LogP contribution in [-0.4, -0.2) is 62.3 Å². The van der Waals surface area contributed by atoms with E-state index in [1.54, 1.807) is 17.0 Å². The summed E-state index contributed by atoms with van der Waals surface area (Å²) in [5.74, 6) is 0.0564. The van der Waals surface area contributed by atoms with E-state index in [0.29, 0.717) is 43.7 Å². The maximum absolute atomic E-state index is 12.9. The van der Waals surface area contributed by atoms with Gasteiger partial charge in [0.05, 0.1) is 11.4 Å². The molecule has 2 aromatic carbocycles. The van der Waals surface area contributed by atoms with Gasteiger partial charge in [0.25, 0.3) is 0 Å². The summed E-state index contributed by atoms with van der Waals surface area (Å²) in [4.78, 5) is 17.1. The first-order valence-corrected chi connectivity index (χ1v) is 11.5. The molecule has 0 bridgehead atoms. The molecule has 0 N–H and O–H groups in total. The van der Waals surface area contributed by atoms with Crippen LogP contribution < -0.4 is 4.90 Å². The third-order valence-electron chi connectivity index (χ3n) is 5.90. The Bertz CT molecular complexity index is 996. The zero-order valence-corrected chi connectivity index (χ0v) is 17.7. The van der Waals surface area contributed by atoms with Gasteiger partial charge >= 0.3 is 0 Å². The van der Waals surface area contributed by atoms with Crippen molar-refractivity contribution in [2.75, 3.05) is 37.6 Å². The third kappa shape index (κ3) is 3.89. The van der Waals surface area contributed by atoms with Crippen molar-refractivity contribution in [3.63, 3.8) is 0 Å². The normalized spacial score (nSPS) is 20.0. The van der Waals surface area contributed by atoms with Crippen molar-refractivity contribution >= 4 is 21.6 Å². The molecule has 29 heavy (non-hydrogen) atoms. The SMILES string of the molecule is Cc1ccc(S(=O)(=O)N2CCN(C(=O)CN3c4ccccc4CC3C)CC2)cc1. The van der Waals surface area contributed by atoms with E-state index in [9.17, 15) is 13.2 Å². The van der Waals surface area contributed by atoms with E-state index in [0.717, 1.165) is 17.7 Å². The molecular weight excluding hydrogens is 386 g/mol. The number of amides is 1. The molecule has 154 valence electrons. The van der Waals surface area contributed by atoms with Crippen molar-refractivity contribution in [1.29, 1.82) is 0 Å². The van der Waals surface area contributed by atoms with Gasteiger partial charge in [0, 0.05) is 37.9 Å². The third-order valence-corrected chi connectivity index (χ3v) is 7.82. The molecule has 2 aliphatic heterocycles. The summed E-state index contributed by atoms with van der Waals surface area (Å²) in [7, 11) is -3.51. The first-order valence-electron chi connectivity index (χ1n) is 10.1. The highest BCUT2D eigenvalue weighted by Crippen LogP contribution is 2.31. The van der Waals surface area contributed by atoms with Crippen LogP contribution in [0.1, 0.15) is 18.1 Å². The number of carbonyl (C=O) groups is 1. The molecule has 2 aliphatic rings. The number of fused-ring (bicyclic) bond motifs is 1. The monoisotopic (exact) mass is 413 g/mol. The van der Waals surface area contributed by atoms with E-state index >= 15 is 0 Å². The van der Waals surface area contributed by atoms with Crippen molar-refractivity contribution in [2.24, 2.45) is 0 Å². The molecule has 0 saturated carbocycles. The average Bonchev–Trinajstić information content (AvgIpc) is 3.03. The van der Waals surface area contributed by atoms with Crippen LogP contribution in [0, 0.1) is 6.92 Å². The Hall–Kier alpha value is -2.38. The lowest BCUT2D eigenvalue weighted by atomic mass is 10.1. The lowest BCUT2D eigenvalue weighted by Crippen LogP contribution is -2.53. The lowest BCUT2D eigenvalue weighted by Gasteiger charge is -2.35. The Balaban J connectivity index is 1.38. The molecule has 7 heteroatoms. The number of hydrogen-bond acceptors (Lipinski definition) is 4. The zero-order valence-electron chi connectivity index (χ0n) is 16.9. The van der Waals surface area contributed by atoms with Crippen LogP contribution in [0.5, 0.6) is 0 Å². The quantitative estimate of drug-likeness (QED) is 0.772. The Morgan fingerprint density at radius 1 is 1.00 bits per heavy atom. The van der Waals surface area contributed by atoms with Crippen LogP contribution >= 0.6 is 0 Å². The Morgan fingerprint density at radius 2 is 1.66 bits per heavy atom. The molecule has 0 aliphatic carbocycles. The van der Waals surface area contributed by atoms with Gasteiger partial charge in [-0.25, -0.2) is 8.42 Å². The van der Waals surface area contributed by atoms with Gasteiger partial charge in [0.15, 0.2) is 0 Å². The van der Waals surface area contributed by atoms with E-state index in [1.807, 2.05) is 31.2 Å². The molecule has 0 aromatic heterocycles. The van der Waals surface area contributed by atoms with Gasteiger partial charge in [-0.3, -0.25) is 4.79 Å². The van der Waals surface area contributed by atoms with E-state index < -0.39 is 10.0 Å². The van der Waals surface area contributed by atoms with Gasteiger partial charge in [-0.1, -0.05) is 35.9 Å². The minimum Gasteiger partial charge on any atom is -0.359 e.